The highest BCUT2D eigenvalue weighted by Gasteiger charge is 2.16. The molecule has 0 spiro atoms. The Morgan fingerprint density at radius 1 is 1.67 bits per heavy atom. The molecule has 1 aromatic heterocycles. The molecule has 0 aromatic carbocycles. The number of ether oxygens (including phenoxy) is 1. The van der Waals surface area contributed by atoms with Crippen molar-refractivity contribution < 1.29 is 9.53 Å². The average molecular weight is 251 g/mol. The van der Waals surface area contributed by atoms with Crippen LogP contribution in [-0.4, -0.2) is 43.3 Å². The Hall–Kier alpha value is -1.33. The molecule has 5 heteroatoms. The van der Waals surface area contributed by atoms with Crippen LogP contribution in [0.25, 0.3) is 0 Å². The summed E-state index contributed by atoms with van der Waals surface area (Å²) in [6.07, 6.45) is 4.25. The van der Waals surface area contributed by atoms with Crippen LogP contribution in [-0.2, 0) is 11.3 Å². The van der Waals surface area contributed by atoms with E-state index in [9.17, 15) is 4.79 Å². The number of aromatic nitrogens is 1. The second kappa shape index (κ2) is 6.56. The van der Waals surface area contributed by atoms with Crippen molar-refractivity contribution in [3.63, 3.8) is 0 Å². The van der Waals surface area contributed by atoms with Gasteiger partial charge in [-0.05, 0) is 31.5 Å². The van der Waals surface area contributed by atoms with Crippen LogP contribution in [0.15, 0.2) is 18.3 Å². The van der Waals surface area contributed by atoms with Crippen molar-refractivity contribution in [2.75, 3.05) is 26.8 Å². The molecule has 2 N–H and O–H groups in total. The molecule has 2 heterocycles. The molecule has 0 aliphatic carbocycles. The molecule has 0 bridgehead atoms. The Morgan fingerprint density at radius 2 is 2.56 bits per heavy atom. The van der Waals surface area contributed by atoms with E-state index in [1.807, 2.05) is 22.9 Å². The monoisotopic (exact) mass is 251 g/mol. The number of carbonyl (C=O) groups is 1. The van der Waals surface area contributed by atoms with Crippen LogP contribution < -0.4 is 10.6 Å². The van der Waals surface area contributed by atoms with Gasteiger partial charge in [0, 0.05) is 32.4 Å². The number of hydrogen-bond donors (Lipinski definition) is 2. The minimum Gasteiger partial charge on any atom is -0.383 e. The van der Waals surface area contributed by atoms with Crippen molar-refractivity contribution in [2.45, 2.75) is 25.4 Å². The summed E-state index contributed by atoms with van der Waals surface area (Å²) in [4.78, 5) is 12.0. The summed E-state index contributed by atoms with van der Waals surface area (Å²) in [5, 5.41) is 6.35. The second-order valence-corrected chi connectivity index (χ2v) is 4.58. The van der Waals surface area contributed by atoms with Crippen LogP contribution >= 0.6 is 0 Å². The molecular formula is C13H21N3O2. The second-order valence-electron chi connectivity index (χ2n) is 4.58. The van der Waals surface area contributed by atoms with Crippen molar-refractivity contribution in [1.29, 1.82) is 0 Å². The Labute approximate surface area is 108 Å². The van der Waals surface area contributed by atoms with Gasteiger partial charge in [0.1, 0.15) is 5.69 Å². The van der Waals surface area contributed by atoms with E-state index in [0.717, 1.165) is 13.0 Å². The van der Waals surface area contributed by atoms with Crippen molar-refractivity contribution in [1.82, 2.24) is 15.2 Å². The Balaban J connectivity index is 1.85. The van der Waals surface area contributed by atoms with Gasteiger partial charge in [-0.3, -0.25) is 4.79 Å². The SMILES string of the molecule is COCCn1cccc1C(=O)NCC1CCCN1. The maximum absolute atomic E-state index is 12.0. The minimum atomic E-state index is -0.00944. The van der Waals surface area contributed by atoms with Gasteiger partial charge in [0.05, 0.1) is 6.61 Å². The predicted molar refractivity (Wildman–Crippen MR) is 69.7 cm³/mol. The summed E-state index contributed by atoms with van der Waals surface area (Å²) in [6, 6.07) is 4.15. The molecule has 1 amide bonds. The van der Waals surface area contributed by atoms with Gasteiger partial charge in [0.2, 0.25) is 0 Å². The number of nitrogens with zero attached hydrogens (tertiary/aromatic N) is 1. The van der Waals surface area contributed by atoms with Crippen LogP contribution in [0.3, 0.4) is 0 Å². The summed E-state index contributed by atoms with van der Waals surface area (Å²) in [6.45, 7) is 3.08. The van der Waals surface area contributed by atoms with Crippen LogP contribution in [0.1, 0.15) is 23.3 Å². The minimum absolute atomic E-state index is 0.00944. The van der Waals surface area contributed by atoms with Gasteiger partial charge in [0.15, 0.2) is 0 Å². The van der Waals surface area contributed by atoms with E-state index in [1.54, 1.807) is 7.11 Å². The lowest BCUT2D eigenvalue weighted by atomic mass is 10.2. The lowest BCUT2D eigenvalue weighted by molar-refractivity contribution is 0.0938. The van der Waals surface area contributed by atoms with Gasteiger partial charge in [-0.25, -0.2) is 0 Å². The van der Waals surface area contributed by atoms with E-state index in [4.69, 9.17) is 4.74 Å². The molecule has 1 aliphatic heterocycles. The lowest BCUT2D eigenvalue weighted by Gasteiger charge is -2.13. The third-order valence-electron chi connectivity index (χ3n) is 3.27. The van der Waals surface area contributed by atoms with Crippen LogP contribution in [0.2, 0.25) is 0 Å². The topological polar surface area (TPSA) is 55.3 Å². The molecule has 1 saturated heterocycles. The zero-order valence-corrected chi connectivity index (χ0v) is 10.8. The molecule has 0 saturated carbocycles. The van der Waals surface area contributed by atoms with E-state index in [1.165, 1.54) is 6.42 Å². The van der Waals surface area contributed by atoms with Gasteiger partial charge >= 0.3 is 0 Å². The highest BCUT2D eigenvalue weighted by molar-refractivity contribution is 5.92. The highest BCUT2D eigenvalue weighted by atomic mass is 16.5. The molecule has 18 heavy (non-hydrogen) atoms. The molecule has 1 aromatic rings. The maximum Gasteiger partial charge on any atom is 0.267 e. The third kappa shape index (κ3) is 3.34. The first-order valence-electron chi connectivity index (χ1n) is 6.47. The summed E-state index contributed by atoms with van der Waals surface area (Å²) < 4.78 is 6.95. The van der Waals surface area contributed by atoms with Crippen molar-refractivity contribution in [3.05, 3.63) is 24.0 Å². The Morgan fingerprint density at radius 3 is 3.28 bits per heavy atom. The predicted octanol–water partition coefficient (Wildman–Crippen LogP) is 0.616. The number of methoxy groups -OCH3 is 1. The lowest BCUT2D eigenvalue weighted by Crippen LogP contribution is -2.37. The number of amides is 1. The number of hydrogen-bond acceptors (Lipinski definition) is 3. The third-order valence-corrected chi connectivity index (χ3v) is 3.27. The Bertz CT molecular complexity index is 383. The summed E-state index contributed by atoms with van der Waals surface area (Å²) in [5.74, 6) is -0.00944. The molecule has 1 atom stereocenters. The van der Waals surface area contributed by atoms with Crippen LogP contribution in [0, 0.1) is 0 Å². The zero-order chi connectivity index (χ0) is 12.8. The van der Waals surface area contributed by atoms with E-state index in [2.05, 4.69) is 10.6 Å². The fourth-order valence-corrected chi connectivity index (χ4v) is 2.24. The van der Waals surface area contributed by atoms with E-state index in [0.29, 0.717) is 31.4 Å². The average Bonchev–Trinajstić information content (AvgIpc) is 3.04. The first-order valence-corrected chi connectivity index (χ1v) is 6.47. The Kier molecular flexibility index (Phi) is 4.78. The zero-order valence-electron chi connectivity index (χ0n) is 10.8. The summed E-state index contributed by atoms with van der Waals surface area (Å²) >= 11 is 0. The molecule has 1 fully saturated rings. The first-order chi connectivity index (χ1) is 8.81. The van der Waals surface area contributed by atoms with E-state index in [-0.39, 0.29) is 5.91 Å². The highest BCUT2D eigenvalue weighted by Crippen LogP contribution is 2.05. The normalized spacial score (nSPS) is 19.1. The summed E-state index contributed by atoms with van der Waals surface area (Å²) in [5.41, 5.74) is 0.699. The van der Waals surface area contributed by atoms with E-state index >= 15 is 0 Å². The van der Waals surface area contributed by atoms with Crippen LogP contribution in [0.5, 0.6) is 0 Å². The summed E-state index contributed by atoms with van der Waals surface area (Å²) in [7, 11) is 1.66. The van der Waals surface area contributed by atoms with Crippen LogP contribution in [0.4, 0.5) is 0 Å². The molecule has 1 aliphatic rings. The standard InChI is InChI=1S/C13H21N3O2/c1-18-9-8-16-7-3-5-12(16)13(17)15-10-11-4-2-6-14-11/h3,5,7,11,14H,2,4,6,8-10H2,1H3,(H,15,17). The molecule has 0 radical (unpaired) electrons. The maximum atomic E-state index is 12.0. The quantitative estimate of drug-likeness (QED) is 0.779. The largest absolute Gasteiger partial charge is 0.383 e. The fourth-order valence-electron chi connectivity index (χ4n) is 2.24. The van der Waals surface area contributed by atoms with Gasteiger partial charge in [-0.15, -0.1) is 0 Å². The number of rotatable bonds is 6. The first kappa shape index (κ1) is 13.1. The van der Waals surface area contributed by atoms with Crippen molar-refractivity contribution in [3.8, 4) is 0 Å². The smallest absolute Gasteiger partial charge is 0.267 e. The number of nitrogens with one attached hydrogen (secondary N) is 2. The van der Waals surface area contributed by atoms with Gasteiger partial charge < -0.3 is 19.9 Å². The molecule has 5 nitrogen and oxygen atoms in total. The van der Waals surface area contributed by atoms with Gasteiger partial charge in [0.25, 0.3) is 5.91 Å². The molecule has 2 rings (SSSR count). The van der Waals surface area contributed by atoms with Crippen molar-refractivity contribution >= 4 is 5.91 Å². The molecule has 100 valence electrons. The number of carbonyl (C=O) groups excluding carboxylic acids is 1. The molecular weight excluding hydrogens is 230 g/mol. The van der Waals surface area contributed by atoms with Gasteiger partial charge in [-0.2, -0.15) is 0 Å². The molecule has 1 unspecified atom stereocenters. The van der Waals surface area contributed by atoms with E-state index < -0.39 is 0 Å². The fraction of sp³-hybridized carbons (Fsp3) is 0.615. The van der Waals surface area contributed by atoms with Crippen molar-refractivity contribution in [2.24, 2.45) is 0 Å². The van der Waals surface area contributed by atoms with Gasteiger partial charge in [-0.1, -0.05) is 0 Å².